The van der Waals surface area contributed by atoms with Gasteiger partial charge in [0.25, 0.3) is 0 Å². The molecule has 2 nitrogen and oxygen atoms in total. The predicted molar refractivity (Wildman–Crippen MR) is 50.5 cm³/mol. The summed E-state index contributed by atoms with van der Waals surface area (Å²) in [7, 11) is 0. The summed E-state index contributed by atoms with van der Waals surface area (Å²) in [5, 5.41) is 8.86. The van der Waals surface area contributed by atoms with Gasteiger partial charge in [0.1, 0.15) is 0 Å². The molecule has 1 N–H and O–H groups in total. The molecule has 1 aromatic rings. The molecule has 2 rings (SSSR count). The van der Waals surface area contributed by atoms with Crippen LogP contribution in [-0.4, -0.2) is 11.1 Å². The second kappa shape index (κ2) is 2.73. The number of aryl methyl sites for hydroxylation is 1. The van der Waals surface area contributed by atoms with Crippen LogP contribution in [0.4, 0.5) is 0 Å². The summed E-state index contributed by atoms with van der Waals surface area (Å²) < 4.78 is 0. The third-order valence-corrected chi connectivity index (χ3v) is 2.31. The number of benzene rings is 1. The molecule has 66 valence electrons. The van der Waals surface area contributed by atoms with Crippen LogP contribution in [0.1, 0.15) is 16.7 Å². The van der Waals surface area contributed by atoms with Crippen molar-refractivity contribution in [2.75, 3.05) is 0 Å². The van der Waals surface area contributed by atoms with Crippen LogP contribution < -0.4 is 0 Å². The van der Waals surface area contributed by atoms with Crippen LogP contribution in [0.3, 0.4) is 0 Å². The van der Waals surface area contributed by atoms with Gasteiger partial charge in [-0.05, 0) is 24.5 Å². The largest absolute Gasteiger partial charge is 0.478 e. The number of hydrogen-bond acceptors (Lipinski definition) is 1. The van der Waals surface area contributed by atoms with Gasteiger partial charge in [0.2, 0.25) is 0 Å². The molecule has 1 aliphatic carbocycles. The minimum Gasteiger partial charge on any atom is -0.478 e. The average molecular weight is 174 g/mol. The SMILES string of the molecule is Cc1ccc2c(c1)CC=C2C(=O)O. The zero-order valence-electron chi connectivity index (χ0n) is 7.37. The lowest BCUT2D eigenvalue weighted by atomic mass is 10.0. The highest BCUT2D eigenvalue weighted by Gasteiger charge is 2.18. The monoisotopic (exact) mass is 174 g/mol. The van der Waals surface area contributed by atoms with Crippen molar-refractivity contribution in [1.29, 1.82) is 0 Å². The summed E-state index contributed by atoms with van der Waals surface area (Å²) >= 11 is 0. The van der Waals surface area contributed by atoms with Crippen molar-refractivity contribution in [1.82, 2.24) is 0 Å². The van der Waals surface area contributed by atoms with E-state index in [9.17, 15) is 4.79 Å². The fraction of sp³-hybridized carbons (Fsp3) is 0.182. The Balaban J connectivity index is 2.51. The van der Waals surface area contributed by atoms with E-state index in [1.165, 1.54) is 5.56 Å². The highest BCUT2D eigenvalue weighted by molar-refractivity contribution is 6.17. The Labute approximate surface area is 76.5 Å². The fourth-order valence-electron chi connectivity index (χ4n) is 1.68. The van der Waals surface area contributed by atoms with Crippen molar-refractivity contribution < 1.29 is 9.90 Å². The highest BCUT2D eigenvalue weighted by Crippen LogP contribution is 2.27. The van der Waals surface area contributed by atoms with Crippen LogP contribution >= 0.6 is 0 Å². The van der Waals surface area contributed by atoms with Crippen LogP contribution in [0.5, 0.6) is 0 Å². The Hall–Kier alpha value is -1.57. The van der Waals surface area contributed by atoms with E-state index in [1.54, 1.807) is 6.08 Å². The Bertz CT molecular complexity index is 403. The number of fused-ring (bicyclic) bond motifs is 1. The molecule has 0 atom stereocenters. The number of carbonyl (C=O) groups is 1. The Morgan fingerprint density at radius 2 is 2.23 bits per heavy atom. The lowest BCUT2D eigenvalue weighted by Gasteiger charge is -2.02. The van der Waals surface area contributed by atoms with Crippen LogP contribution in [0.2, 0.25) is 0 Å². The molecule has 0 aliphatic heterocycles. The molecule has 13 heavy (non-hydrogen) atoms. The molecule has 0 bridgehead atoms. The molecule has 1 aliphatic rings. The summed E-state index contributed by atoms with van der Waals surface area (Å²) in [4.78, 5) is 10.8. The van der Waals surface area contributed by atoms with Gasteiger partial charge in [-0.15, -0.1) is 0 Å². The predicted octanol–water partition coefficient (Wildman–Crippen LogP) is 2.02. The maximum Gasteiger partial charge on any atom is 0.335 e. The van der Waals surface area contributed by atoms with Crippen LogP contribution in [-0.2, 0) is 11.2 Å². The van der Waals surface area contributed by atoms with E-state index >= 15 is 0 Å². The van der Waals surface area contributed by atoms with Gasteiger partial charge in [0.05, 0.1) is 5.57 Å². The Kier molecular flexibility index (Phi) is 1.69. The number of allylic oxidation sites excluding steroid dienone is 1. The molecule has 0 radical (unpaired) electrons. The second-order valence-corrected chi connectivity index (χ2v) is 3.29. The van der Waals surface area contributed by atoms with Gasteiger partial charge in [-0.25, -0.2) is 4.79 Å². The quantitative estimate of drug-likeness (QED) is 0.707. The standard InChI is InChI=1S/C11H10O2/c1-7-2-4-9-8(6-7)3-5-10(9)11(12)13/h2,4-6H,3H2,1H3,(H,12,13). The van der Waals surface area contributed by atoms with Crippen LogP contribution in [0, 0.1) is 6.92 Å². The summed E-state index contributed by atoms with van der Waals surface area (Å²) in [5.74, 6) is -0.831. The number of carboxylic acid groups (broad SMARTS) is 1. The van der Waals surface area contributed by atoms with E-state index < -0.39 is 5.97 Å². The molecule has 0 unspecified atom stereocenters. The first-order valence-electron chi connectivity index (χ1n) is 4.22. The molecule has 2 heteroatoms. The molecule has 0 aromatic heterocycles. The molecule has 0 fully saturated rings. The Morgan fingerprint density at radius 1 is 1.46 bits per heavy atom. The first-order chi connectivity index (χ1) is 6.18. The van der Waals surface area contributed by atoms with Gasteiger partial charge in [0.15, 0.2) is 0 Å². The van der Waals surface area contributed by atoms with E-state index in [2.05, 4.69) is 0 Å². The van der Waals surface area contributed by atoms with Gasteiger partial charge < -0.3 is 5.11 Å². The zero-order valence-corrected chi connectivity index (χ0v) is 7.37. The van der Waals surface area contributed by atoms with Gasteiger partial charge in [0, 0.05) is 0 Å². The first-order valence-corrected chi connectivity index (χ1v) is 4.22. The lowest BCUT2D eigenvalue weighted by molar-refractivity contribution is -0.130. The summed E-state index contributed by atoms with van der Waals surface area (Å²) in [5.41, 5.74) is 3.62. The van der Waals surface area contributed by atoms with Gasteiger partial charge in [-0.1, -0.05) is 29.8 Å². The number of carboxylic acids is 1. The number of rotatable bonds is 1. The third-order valence-electron chi connectivity index (χ3n) is 2.31. The van der Waals surface area contributed by atoms with E-state index in [0.717, 1.165) is 17.5 Å². The third kappa shape index (κ3) is 1.24. The zero-order chi connectivity index (χ0) is 9.42. The topological polar surface area (TPSA) is 37.3 Å². The second-order valence-electron chi connectivity index (χ2n) is 3.29. The van der Waals surface area contributed by atoms with Crippen LogP contribution in [0.15, 0.2) is 24.3 Å². The van der Waals surface area contributed by atoms with Crippen molar-refractivity contribution in [3.63, 3.8) is 0 Å². The molecular formula is C11H10O2. The van der Waals surface area contributed by atoms with E-state index in [-0.39, 0.29) is 0 Å². The number of hydrogen-bond donors (Lipinski definition) is 1. The highest BCUT2D eigenvalue weighted by atomic mass is 16.4. The van der Waals surface area contributed by atoms with Crippen molar-refractivity contribution in [2.24, 2.45) is 0 Å². The summed E-state index contributed by atoms with van der Waals surface area (Å²) in [6.07, 6.45) is 2.52. The minimum absolute atomic E-state index is 0.440. The smallest absolute Gasteiger partial charge is 0.335 e. The molecular weight excluding hydrogens is 164 g/mol. The molecule has 1 aromatic carbocycles. The number of aliphatic carboxylic acids is 1. The van der Waals surface area contributed by atoms with E-state index in [1.807, 2.05) is 25.1 Å². The fourth-order valence-corrected chi connectivity index (χ4v) is 1.68. The molecule has 0 amide bonds. The van der Waals surface area contributed by atoms with Crippen molar-refractivity contribution in [3.8, 4) is 0 Å². The van der Waals surface area contributed by atoms with Gasteiger partial charge >= 0.3 is 5.97 Å². The van der Waals surface area contributed by atoms with E-state index in [0.29, 0.717) is 5.57 Å². The molecule has 0 spiro atoms. The van der Waals surface area contributed by atoms with Crippen molar-refractivity contribution >= 4 is 11.5 Å². The maximum absolute atomic E-state index is 10.8. The normalized spacial score (nSPS) is 13.8. The molecule has 0 saturated carbocycles. The van der Waals surface area contributed by atoms with E-state index in [4.69, 9.17) is 5.11 Å². The van der Waals surface area contributed by atoms with Crippen LogP contribution in [0.25, 0.3) is 5.57 Å². The molecule has 0 saturated heterocycles. The Morgan fingerprint density at radius 3 is 2.92 bits per heavy atom. The summed E-state index contributed by atoms with van der Waals surface area (Å²) in [6.45, 7) is 2.01. The molecule has 0 heterocycles. The maximum atomic E-state index is 10.8. The average Bonchev–Trinajstić information content (AvgIpc) is 2.46. The lowest BCUT2D eigenvalue weighted by Crippen LogP contribution is -1.97. The van der Waals surface area contributed by atoms with Crippen molar-refractivity contribution in [3.05, 3.63) is 41.0 Å². The van der Waals surface area contributed by atoms with Gasteiger partial charge in [-0.2, -0.15) is 0 Å². The minimum atomic E-state index is -0.831. The van der Waals surface area contributed by atoms with Crippen molar-refractivity contribution in [2.45, 2.75) is 13.3 Å². The van der Waals surface area contributed by atoms with Gasteiger partial charge in [-0.3, -0.25) is 0 Å². The summed E-state index contributed by atoms with van der Waals surface area (Å²) in [6, 6.07) is 5.88. The first kappa shape index (κ1) is 8.05.